The van der Waals surface area contributed by atoms with Gasteiger partial charge in [-0.25, -0.2) is 9.78 Å². The van der Waals surface area contributed by atoms with E-state index in [0.29, 0.717) is 10.8 Å². The van der Waals surface area contributed by atoms with Gasteiger partial charge in [0.05, 0.1) is 6.54 Å². The molecule has 0 bridgehead atoms. The molecule has 0 saturated heterocycles. The van der Waals surface area contributed by atoms with Gasteiger partial charge in [0, 0.05) is 12.4 Å². The molecule has 0 aliphatic heterocycles. The highest BCUT2D eigenvalue weighted by Gasteiger charge is 2.06. The van der Waals surface area contributed by atoms with Gasteiger partial charge >= 0.3 is 6.03 Å². The van der Waals surface area contributed by atoms with Gasteiger partial charge in [0.15, 0.2) is 5.01 Å². The minimum atomic E-state index is -0.502. The minimum Gasteiger partial charge on any atom is -0.358 e. The molecule has 1 rings (SSSR count). The maximum Gasteiger partial charge on any atom is 0.320 e. The number of thiazole rings is 1. The van der Waals surface area contributed by atoms with Crippen molar-refractivity contribution in [2.75, 3.05) is 18.9 Å². The zero-order chi connectivity index (χ0) is 12.0. The Morgan fingerprint density at radius 3 is 2.94 bits per heavy atom. The van der Waals surface area contributed by atoms with Crippen LogP contribution in [0.1, 0.15) is 5.01 Å². The van der Waals surface area contributed by atoms with Crippen molar-refractivity contribution in [3.8, 4) is 12.3 Å². The van der Waals surface area contributed by atoms with Gasteiger partial charge in [-0.2, -0.15) is 0 Å². The van der Waals surface area contributed by atoms with Gasteiger partial charge in [-0.1, -0.05) is 0 Å². The van der Waals surface area contributed by atoms with Crippen LogP contribution in [0.4, 0.5) is 10.6 Å². The van der Waals surface area contributed by atoms with Crippen LogP contribution in [0.5, 0.6) is 0 Å². The minimum absolute atomic E-state index is 0.0888. The summed E-state index contributed by atoms with van der Waals surface area (Å²) >= 11 is 1.25. The molecule has 6 nitrogen and oxygen atoms in total. The van der Waals surface area contributed by atoms with Crippen molar-refractivity contribution in [1.29, 1.82) is 0 Å². The number of aromatic nitrogens is 1. The summed E-state index contributed by atoms with van der Waals surface area (Å²) in [5.41, 5.74) is 0. The lowest BCUT2D eigenvalue weighted by atomic mass is 10.6. The van der Waals surface area contributed by atoms with Crippen LogP contribution in [-0.4, -0.2) is 30.5 Å². The van der Waals surface area contributed by atoms with Gasteiger partial charge in [-0.3, -0.25) is 10.1 Å². The molecule has 0 fully saturated rings. The molecule has 0 aliphatic carbocycles. The Balaban J connectivity index is 2.40. The van der Waals surface area contributed by atoms with Crippen molar-refractivity contribution in [2.24, 2.45) is 0 Å². The van der Waals surface area contributed by atoms with E-state index in [0.717, 1.165) is 0 Å². The number of amides is 3. The first kappa shape index (κ1) is 12.0. The molecular formula is C9H10N4O2S. The number of hydrogen-bond acceptors (Lipinski definition) is 4. The van der Waals surface area contributed by atoms with Crippen LogP contribution in [0.15, 0.2) is 5.38 Å². The van der Waals surface area contributed by atoms with E-state index in [2.05, 4.69) is 26.9 Å². The molecular weight excluding hydrogens is 228 g/mol. The van der Waals surface area contributed by atoms with Crippen LogP contribution < -0.4 is 16.0 Å². The Morgan fingerprint density at radius 2 is 2.38 bits per heavy atom. The molecule has 0 aromatic carbocycles. The number of rotatable bonds is 3. The monoisotopic (exact) mass is 238 g/mol. The van der Waals surface area contributed by atoms with Crippen molar-refractivity contribution >= 4 is 29.1 Å². The van der Waals surface area contributed by atoms with Crippen LogP contribution in [0.2, 0.25) is 0 Å². The highest BCUT2D eigenvalue weighted by Crippen LogP contribution is 2.12. The van der Waals surface area contributed by atoms with Crippen molar-refractivity contribution in [1.82, 2.24) is 15.6 Å². The number of nitrogens with one attached hydrogen (secondary N) is 3. The Bertz CT molecular complexity index is 435. The van der Waals surface area contributed by atoms with E-state index in [-0.39, 0.29) is 12.5 Å². The topological polar surface area (TPSA) is 83.1 Å². The fourth-order valence-electron chi connectivity index (χ4n) is 0.807. The fourth-order valence-corrected chi connectivity index (χ4v) is 1.36. The van der Waals surface area contributed by atoms with Crippen LogP contribution in [0.3, 0.4) is 0 Å². The number of urea groups is 1. The third kappa shape index (κ3) is 3.59. The van der Waals surface area contributed by atoms with Gasteiger partial charge < -0.3 is 10.6 Å². The second kappa shape index (κ2) is 5.72. The predicted molar refractivity (Wildman–Crippen MR) is 61.1 cm³/mol. The van der Waals surface area contributed by atoms with E-state index in [9.17, 15) is 9.59 Å². The first-order valence-electron chi connectivity index (χ1n) is 4.33. The van der Waals surface area contributed by atoms with Crippen LogP contribution >= 0.6 is 11.3 Å². The first-order valence-corrected chi connectivity index (χ1v) is 5.21. The summed E-state index contributed by atoms with van der Waals surface area (Å²) in [6.45, 7) is -0.0888. The van der Waals surface area contributed by atoms with Crippen LogP contribution in [0.25, 0.3) is 0 Å². The zero-order valence-corrected chi connectivity index (χ0v) is 9.35. The number of likely N-dealkylation sites (N-methyl/N-ethyl adjacent to an activating group) is 1. The molecule has 1 heterocycles. The van der Waals surface area contributed by atoms with Gasteiger partial charge in [0.2, 0.25) is 5.91 Å². The van der Waals surface area contributed by atoms with Gasteiger partial charge in [-0.05, 0) is 5.92 Å². The van der Waals surface area contributed by atoms with Gasteiger partial charge in [0.25, 0.3) is 0 Å². The van der Waals surface area contributed by atoms with Crippen LogP contribution in [-0.2, 0) is 4.79 Å². The largest absolute Gasteiger partial charge is 0.358 e. The Kier molecular flexibility index (Phi) is 4.29. The van der Waals surface area contributed by atoms with E-state index in [1.54, 1.807) is 5.38 Å². The van der Waals surface area contributed by atoms with E-state index in [4.69, 9.17) is 6.42 Å². The Labute approximate surface area is 96.5 Å². The van der Waals surface area contributed by atoms with Crippen molar-refractivity contribution < 1.29 is 9.59 Å². The smallest absolute Gasteiger partial charge is 0.320 e. The summed E-state index contributed by atoms with van der Waals surface area (Å²) in [7, 11) is 1.49. The highest BCUT2D eigenvalue weighted by atomic mass is 32.1. The second-order valence-electron chi connectivity index (χ2n) is 2.66. The zero-order valence-electron chi connectivity index (χ0n) is 8.53. The molecule has 1 aromatic rings. The predicted octanol–water partition coefficient (Wildman–Crippen LogP) is -0.00810. The fraction of sp³-hybridized carbons (Fsp3) is 0.222. The summed E-state index contributed by atoms with van der Waals surface area (Å²) in [5, 5.41) is 9.29. The molecule has 0 unspecified atom stereocenters. The average molecular weight is 238 g/mol. The Hall–Kier alpha value is -2.07. The molecule has 0 spiro atoms. The van der Waals surface area contributed by atoms with Crippen molar-refractivity contribution in [3.05, 3.63) is 10.4 Å². The lowest BCUT2D eigenvalue weighted by molar-refractivity contribution is -0.119. The van der Waals surface area contributed by atoms with E-state index < -0.39 is 6.03 Å². The molecule has 1 aromatic heterocycles. The molecule has 16 heavy (non-hydrogen) atoms. The lowest BCUT2D eigenvalue weighted by Crippen LogP contribution is -2.37. The van der Waals surface area contributed by atoms with Crippen molar-refractivity contribution in [2.45, 2.75) is 0 Å². The summed E-state index contributed by atoms with van der Waals surface area (Å²) in [6.07, 6.45) is 5.13. The molecule has 3 N–H and O–H groups in total. The van der Waals surface area contributed by atoms with E-state index in [1.165, 1.54) is 18.4 Å². The average Bonchev–Trinajstić information content (AvgIpc) is 2.73. The molecule has 0 radical (unpaired) electrons. The summed E-state index contributed by atoms with van der Waals surface area (Å²) in [6, 6.07) is -0.502. The highest BCUT2D eigenvalue weighted by molar-refractivity contribution is 7.10. The molecule has 7 heteroatoms. The normalized spacial score (nSPS) is 9.00. The third-order valence-corrected chi connectivity index (χ3v) is 2.33. The molecule has 0 saturated carbocycles. The summed E-state index contributed by atoms with van der Waals surface area (Å²) in [5.74, 6) is 2.44. The number of carbonyl (C=O) groups is 2. The number of carbonyl (C=O) groups excluding carboxylic acids is 2. The third-order valence-electron chi connectivity index (χ3n) is 1.56. The SMILES string of the molecule is C#Cc1nc(NC(=O)NCC(=O)NC)cs1. The van der Waals surface area contributed by atoms with Gasteiger partial charge in [0.1, 0.15) is 5.82 Å². The number of anilines is 1. The van der Waals surface area contributed by atoms with E-state index >= 15 is 0 Å². The Morgan fingerprint density at radius 1 is 1.62 bits per heavy atom. The maximum absolute atomic E-state index is 11.2. The standard InChI is InChI=1S/C9H10N4O2S/c1-3-8-12-6(5-16-8)13-9(15)11-4-7(14)10-2/h1,5H,4H2,2H3,(H,10,14)(H2,11,13,15). The number of terminal acetylenes is 1. The number of hydrogen-bond donors (Lipinski definition) is 3. The molecule has 0 atom stereocenters. The maximum atomic E-state index is 11.2. The number of nitrogens with zero attached hydrogens (tertiary/aromatic N) is 1. The van der Waals surface area contributed by atoms with Crippen LogP contribution in [0, 0.1) is 12.3 Å². The van der Waals surface area contributed by atoms with Crippen molar-refractivity contribution in [3.63, 3.8) is 0 Å². The molecule has 84 valence electrons. The second-order valence-corrected chi connectivity index (χ2v) is 3.52. The van der Waals surface area contributed by atoms with E-state index in [1.807, 2.05) is 0 Å². The molecule has 3 amide bonds. The van der Waals surface area contributed by atoms with Gasteiger partial charge in [-0.15, -0.1) is 17.8 Å². The molecule has 0 aliphatic rings. The summed E-state index contributed by atoms with van der Waals surface area (Å²) < 4.78 is 0. The first-order chi connectivity index (χ1) is 7.65. The quantitative estimate of drug-likeness (QED) is 0.648. The lowest BCUT2D eigenvalue weighted by Gasteiger charge is -2.03. The summed E-state index contributed by atoms with van der Waals surface area (Å²) in [4.78, 5) is 26.0.